The molecular formula is C20H22N8O. The van der Waals surface area contributed by atoms with Crippen LogP contribution in [0.1, 0.15) is 32.6 Å². The Morgan fingerprint density at radius 1 is 1.14 bits per heavy atom. The predicted octanol–water partition coefficient (Wildman–Crippen LogP) is 2.53. The highest BCUT2D eigenvalue weighted by atomic mass is 16.1. The number of carbonyl (C=O) groups is 1. The zero-order valence-corrected chi connectivity index (χ0v) is 16.1. The van der Waals surface area contributed by atoms with Crippen molar-refractivity contribution in [3.63, 3.8) is 0 Å². The van der Waals surface area contributed by atoms with Gasteiger partial charge in [-0.05, 0) is 25.7 Å². The van der Waals surface area contributed by atoms with Gasteiger partial charge in [-0.1, -0.05) is 0 Å². The first-order valence-electron chi connectivity index (χ1n) is 9.82. The van der Waals surface area contributed by atoms with Crippen LogP contribution in [0.25, 0.3) is 27.9 Å². The first-order valence-corrected chi connectivity index (χ1v) is 9.82. The monoisotopic (exact) mass is 390 g/mol. The number of anilines is 1. The number of hydrogen-bond donors (Lipinski definition) is 3. The first-order chi connectivity index (χ1) is 14.2. The summed E-state index contributed by atoms with van der Waals surface area (Å²) in [6, 6.07) is 0.598. The third-order valence-electron chi connectivity index (χ3n) is 5.46. The van der Waals surface area contributed by atoms with Crippen LogP contribution in [-0.2, 0) is 4.79 Å². The number of nitrogens with one attached hydrogen (secondary N) is 3. The molecule has 148 valence electrons. The maximum atomic E-state index is 11.2. The van der Waals surface area contributed by atoms with Crippen LogP contribution in [0.15, 0.2) is 37.2 Å². The first kappa shape index (κ1) is 17.6. The molecule has 0 unspecified atom stereocenters. The van der Waals surface area contributed by atoms with Crippen LogP contribution < -0.4 is 10.6 Å². The Balaban J connectivity index is 1.32. The molecule has 0 saturated heterocycles. The van der Waals surface area contributed by atoms with Crippen LogP contribution in [-0.4, -0.2) is 47.3 Å². The number of nitrogens with zero attached hydrogens (tertiary/aromatic N) is 5. The van der Waals surface area contributed by atoms with E-state index in [0.29, 0.717) is 17.8 Å². The zero-order chi connectivity index (χ0) is 19.8. The third kappa shape index (κ3) is 3.51. The molecule has 1 fully saturated rings. The summed E-state index contributed by atoms with van der Waals surface area (Å²) in [5, 5.41) is 7.39. The van der Waals surface area contributed by atoms with Gasteiger partial charge in [-0.3, -0.25) is 9.20 Å². The second kappa shape index (κ2) is 7.16. The quantitative estimate of drug-likeness (QED) is 0.494. The molecule has 0 bridgehead atoms. The summed E-state index contributed by atoms with van der Waals surface area (Å²) in [4.78, 5) is 32.2. The van der Waals surface area contributed by atoms with Gasteiger partial charge >= 0.3 is 0 Å². The van der Waals surface area contributed by atoms with Crippen molar-refractivity contribution >= 4 is 28.7 Å². The van der Waals surface area contributed by atoms with E-state index in [0.717, 1.165) is 47.8 Å². The minimum Gasteiger partial charge on any atom is -0.354 e. The Morgan fingerprint density at radius 2 is 1.97 bits per heavy atom. The van der Waals surface area contributed by atoms with E-state index in [1.54, 1.807) is 13.1 Å². The number of aromatic nitrogens is 6. The van der Waals surface area contributed by atoms with Gasteiger partial charge in [-0.25, -0.2) is 15.0 Å². The van der Waals surface area contributed by atoms with E-state index in [1.807, 2.05) is 35.4 Å². The summed E-state index contributed by atoms with van der Waals surface area (Å²) >= 11 is 0. The molecule has 0 aromatic carbocycles. The summed E-state index contributed by atoms with van der Waals surface area (Å²) in [5.41, 5.74) is 2.77. The number of H-pyrrole nitrogens is 1. The van der Waals surface area contributed by atoms with Crippen LogP contribution in [0.5, 0.6) is 0 Å². The topological polar surface area (TPSA) is 113 Å². The van der Waals surface area contributed by atoms with Crippen molar-refractivity contribution in [2.75, 3.05) is 5.32 Å². The Kier molecular flexibility index (Phi) is 4.34. The summed E-state index contributed by atoms with van der Waals surface area (Å²) in [6.45, 7) is 1.57. The van der Waals surface area contributed by atoms with Crippen LogP contribution in [0.4, 0.5) is 5.95 Å². The SMILES string of the molecule is CC(=O)N[C@H]1CC[C@@H](Nc2ncc3c(-c4cnc5nccn5c4)c[nH]c3n2)CC1. The van der Waals surface area contributed by atoms with Gasteiger partial charge in [0.05, 0.1) is 0 Å². The highest BCUT2D eigenvalue weighted by Crippen LogP contribution is 2.28. The Labute approximate surface area is 167 Å². The fourth-order valence-corrected chi connectivity index (χ4v) is 4.02. The van der Waals surface area contributed by atoms with Crippen molar-refractivity contribution in [2.24, 2.45) is 0 Å². The predicted molar refractivity (Wildman–Crippen MR) is 109 cm³/mol. The van der Waals surface area contributed by atoms with E-state index >= 15 is 0 Å². The molecule has 0 spiro atoms. The van der Waals surface area contributed by atoms with Gasteiger partial charge in [0.1, 0.15) is 5.65 Å². The van der Waals surface area contributed by atoms with E-state index in [2.05, 4.69) is 35.6 Å². The van der Waals surface area contributed by atoms with Gasteiger partial charge < -0.3 is 15.6 Å². The van der Waals surface area contributed by atoms with E-state index in [1.165, 1.54) is 0 Å². The van der Waals surface area contributed by atoms with Crippen LogP contribution in [0.3, 0.4) is 0 Å². The number of rotatable bonds is 4. The standard InChI is InChI=1S/C20H22N8O/c1-12(29)25-14-2-4-15(5-3-14)26-19-23-10-17-16(9-22-18(17)27-19)13-8-24-20-21-6-7-28(20)11-13/h6-11,14-15H,2-5H2,1H3,(H,25,29)(H2,22,23,26,27)/t14-,15+. The van der Waals surface area contributed by atoms with E-state index < -0.39 is 0 Å². The van der Waals surface area contributed by atoms with Crippen molar-refractivity contribution in [3.8, 4) is 11.1 Å². The number of fused-ring (bicyclic) bond motifs is 2. The Morgan fingerprint density at radius 3 is 2.79 bits per heavy atom. The van der Waals surface area contributed by atoms with Crippen molar-refractivity contribution in [3.05, 3.63) is 37.2 Å². The highest BCUT2D eigenvalue weighted by Gasteiger charge is 2.22. The van der Waals surface area contributed by atoms with Gasteiger partial charge in [-0.15, -0.1) is 0 Å². The molecule has 5 rings (SSSR count). The van der Waals surface area contributed by atoms with Gasteiger partial charge in [-0.2, -0.15) is 4.98 Å². The molecule has 9 heteroatoms. The maximum Gasteiger partial charge on any atom is 0.233 e. The molecule has 3 N–H and O–H groups in total. The number of aromatic amines is 1. The van der Waals surface area contributed by atoms with Crippen LogP contribution in [0.2, 0.25) is 0 Å². The molecule has 9 nitrogen and oxygen atoms in total. The molecule has 4 aromatic rings. The molecule has 1 aliphatic rings. The molecule has 1 amide bonds. The number of hydrogen-bond acceptors (Lipinski definition) is 6. The minimum atomic E-state index is 0.0418. The third-order valence-corrected chi connectivity index (χ3v) is 5.46. The Bertz CT molecular complexity index is 1170. The number of carbonyl (C=O) groups excluding carboxylic acids is 1. The molecule has 0 atom stereocenters. The smallest absolute Gasteiger partial charge is 0.233 e. The van der Waals surface area contributed by atoms with Crippen molar-refractivity contribution in [1.29, 1.82) is 0 Å². The van der Waals surface area contributed by atoms with Crippen molar-refractivity contribution in [1.82, 2.24) is 34.6 Å². The summed E-state index contributed by atoms with van der Waals surface area (Å²) in [5.74, 6) is 1.33. The van der Waals surface area contributed by atoms with Crippen molar-refractivity contribution < 1.29 is 4.79 Å². The van der Waals surface area contributed by atoms with Gasteiger partial charge in [0.15, 0.2) is 0 Å². The van der Waals surface area contributed by atoms with Gasteiger partial charge in [0.2, 0.25) is 17.6 Å². The fourth-order valence-electron chi connectivity index (χ4n) is 4.02. The summed E-state index contributed by atoms with van der Waals surface area (Å²) in [6.07, 6.45) is 15.1. The highest BCUT2D eigenvalue weighted by molar-refractivity contribution is 5.93. The lowest BCUT2D eigenvalue weighted by Crippen LogP contribution is -2.39. The average Bonchev–Trinajstić information content (AvgIpc) is 3.35. The summed E-state index contributed by atoms with van der Waals surface area (Å²) in [7, 11) is 0. The molecule has 0 radical (unpaired) electrons. The van der Waals surface area contributed by atoms with E-state index in [-0.39, 0.29) is 11.9 Å². The lowest BCUT2D eigenvalue weighted by Gasteiger charge is -2.29. The molecular weight excluding hydrogens is 368 g/mol. The van der Waals surface area contributed by atoms with Crippen LogP contribution in [0, 0.1) is 0 Å². The van der Waals surface area contributed by atoms with E-state index in [4.69, 9.17) is 0 Å². The second-order valence-corrected chi connectivity index (χ2v) is 7.53. The average molecular weight is 390 g/mol. The number of amides is 1. The molecule has 1 saturated carbocycles. The van der Waals surface area contributed by atoms with Gasteiger partial charge in [0.25, 0.3) is 0 Å². The number of imidazole rings is 1. The largest absolute Gasteiger partial charge is 0.354 e. The molecule has 29 heavy (non-hydrogen) atoms. The molecule has 0 aliphatic heterocycles. The molecule has 1 aliphatic carbocycles. The lowest BCUT2D eigenvalue weighted by atomic mass is 9.91. The summed E-state index contributed by atoms with van der Waals surface area (Å²) < 4.78 is 1.89. The Hall–Kier alpha value is -3.49. The minimum absolute atomic E-state index is 0.0418. The molecule has 4 aromatic heterocycles. The second-order valence-electron chi connectivity index (χ2n) is 7.53. The van der Waals surface area contributed by atoms with E-state index in [9.17, 15) is 4.79 Å². The van der Waals surface area contributed by atoms with Gasteiger partial charge in [0, 0.05) is 72.7 Å². The lowest BCUT2D eigenvalue weighted by molar-refractivity contribution is -0.119. The zero-order valence-electron chi connectivity index (χ0n) is 16.1. The van der Waals surface area contributed by atoms with Crippen molar-refractivity contribution in [2.45, 2.75) is 44.7 Å². The fraction of sp³-hybridized carbons (Fsp3) is 0.350. The normalized spacial score (nSPS) is 19.5. The molecule has 4 heterocycles. The van der Waals surface area contributed by atoms with Crippen LogP contribution >= 0.6 is 0 Å². The maximum absolute atomic E-state index is 11.2.